The smallest absolute Gasteiger partial charge is 0.323 e. The summed E-state index contributed by atoms with van der Waals surface area (Å²) in [5.74, 6) is -2.27. The zero-order valence-electron chi connectivity index (χ0n) is 19.8. The molecule has 0 aliphatic carbocycles. The van der Waals surface area contributed by atoms with Crippen molar-refractivity contribution in [3.05, 3.63) is 0 Å². The van der Waals surface area contributed by atoms with Crippen molar-refractivity contribution in [1.29, 1.82) is 0 Å². The number of hydrogen-bond donors (Lipinski definition) is 3. The average Bonchev–Trinajstić information content (AvgIpc) is 3.28. The maximum Gasteiger partial charge on any atom is 0.323 e. The van der Waals surface area contributed by atoms with E-state index in [2.05, 4.69) is 32.5 Å². The van der Waals surface area contributed by atoms with E-state index in [4.69, 9.17) is 15.2 Å². The molecule has 2 rings (SSSR count). The molecule has 0 saturated heterocycles. The van der Waals surface area contributed by atoms with Crippen molar-refractivity contribution in [1.82, 2.24) is 10.6 Å². The number of amidine groups is 1. The SMILES string of the molecule is CCCCCC(=O)OCC1(NCCCCOC(=O)[C@@H](N)[C@@H](C)CC)N=C2N=CN=C2C(=O)N1. The quantitative estimate of drug-likeness (QED) is 0.241. The number of rotatable bonds is 15. The second-order valence-corrected chi connectivity index (χ2v) is 8.30. The summed E-state index contributed by atoms with van der Waals surface area (Å²) >= 11 is 0. The normalized spacial score (nSPS) is 20.9. The number of nitrogens with zero attached hydrogens (tertiary/aromatic N) is 3. The molecular formula is C22H36N6O5. The van der Waals surface area contributed by atoms with Crippen LogP contribution >= 0.6 is 0 Å². The highest BCUT2D eigenvalue weighted by molar-refractivity contribution is 6.69. The number of unbranched alkanes of at least 4 members (excludes halogenated alkanes) is 3. The highest BCUT2D eigenvalue weighted by Gasteiger charge is 2.41. The number of nitrogens with one attached hydrogen (secondary N) is 2. The predicted molar refractivity (Wildman–Crippen MR) is 125 cm³/mol. The molecule has 0 bridgehead atoms. The van der Waals surface area contributed by atoms with E-state index < -0.39 is 23.7 Å². The first-order valence-electron chi connectivity index (χ1n) is 11.7. The van der Waals surface area contributed by atoms with Gasteiger partial charge in [-0.3, -0.25) is 19.7 Å². The van der Waals surface area contributed by atoms with Gasteiger partial charge >= 0.3 is 11.9 Å². The van der Waals surface area contributed by atoms with E-state index in [0.717, 1.165) is 25.7 Å². The van der Waals surface area contributed by atoms with Crippen molar-refractivity contribution in [2.24, 2.45) is 26.6 Å². The van der Waals surface area contributed by atoms with Gasteiger partial charge in [0.1, 0.15) is 19.0 Å². The number of fused-ring (bicyclic) bond motifs is 1. The van der Waals surface area contributed by atoms with Crippen LogP contribution < -0.4 is 16.4 Å². The van der Waals surface area contributed by atoms with Gasteiger partial charge in [0.05, 0.1) is 6.61 Å². The van der Waals surface area contributed by atoms with Gasteiger partial charge in [-0.1, -0.05) is 40.0 Å². The molecule has 1 unspecified atom stereocenters. The second kappa shape index (κ2) is 13.1. The van der Waals surface area contributed by atoms with Gasteiger partial charge in [-0.15, -0.1) is 0 Å². The van der Waals surface area contributed by atoms with Crippen LogP contribution in [0, 0.1) is 5.92 Å². The summed E-state index contributed by atoms with van der Waals surface area (Å²) in [4.78, 5) is 48.9. The Kier molecular flexibility index (Phi) is 10.6. The van der Waals surface area contributed by atoms with E-state index >= 15 is 0 Å². The molecule has 0 spiro atoms. The van der Waals surface area contributed by atoms with Crippen LogP contribution in [0.1, 0.15) is 65.7 Å². The fraction of sp³-hybridized carbons (Fsp3) is 0.727. The van der Waals surface area contributed by atoms with Crippen LogP contribution in [0.3, 0.4) is 0 Å². The Morgan fingerprint density at radius 2 is 2.00 bits per heavy atom. The van der Waals surface area contributed by atoms with Crippen molar-refractivity contribution < 1.29 is 23.9 Å². The Hall–Kier alpha value is -2.66. The van der Waals surface area contributed by atoms with Gasteiger partial charge in [0.2, 0.25) is 5.79 Å². The molecule has 0 radical (unpaired) electrons. The molecule has 0 aromatic rings. The first kappa shape index (κ1) is 26.6. The molecule has 2 aliphatic heterocycles. The van der Waals surface area contributed by atoms with Gasteiger partial charge in [0.15, 0.2) is 11.5 Å². The summed E-state index contributed by atoms with van der Waals surface area (Å²) in [6.45, 7) is 6.44. The molecule has 0 aromatic carbocycles. The van der Waals surface area contributed by atoms with Gasteiger partial charge in [-0.2, -0.15) is 0 Å². The van der Waals surface area contributed by atoms with E-state index in [0.29, 0.717) is 25.8 Å². The van der Waals surface area contributed by atoms with Crippen LogP contribution in [-0.2, 0) is 23.9 Å². The molecule has 2 aliphatic rings. The third-order valence-electron chi connectivity index (χ3n) is 5.60. The van der Waals surface area contributed by atoms with Crippen LogP contribution in [0.2, 0.25) is 0 Å². The van der Waals surface area contributed by atoms with E-state index in [1.54, 1.807) is 0 Å². The van der Waals surface area contributed by atoms with Gasteiger partial charge in [0.25, 0.3) is 5.91 Å². The fourth-order valence-electron chi connectivity index (χ4n) is 3.21. The summed E-state index contributed by atoms with van der Waals surface area (Å²) in [5.41, 5.74) is 6.00. The van der Waals surface area contributed by atoms with Crippen LogP contribution in [0.15, 0.2) is 15.0 Å². The minimum Gasteiger partial charge on any atom is -0.465 e. The van der Waals surface area contributed by atoms with Crippen molar-refractivity contribution in [3.8, 4) is 0 Å². The molecule has 11 heteroatoms. The van der Waals surface area contributed by atoms with Gasteiger partial charge in [-0.25, -0.2) is 15.0 Å². The molecule has 0 aromatic heterocycles. The predicted octanol–water partition coefficient (Wildman–Crippen LogP) is 1.06. The Morgan fingerprint density at radius 3 is 2.73 bits per heavy atom. The third-order valence-corrected chi connectivity index (χ3v) is 5.60. The lowest BCUT2D eigenvalue weighted by molar-refractivity contribution is -0.147. The van der Waals surface area contributed by atoms with Crippen molar-refractivity contribution in [2.75, 3.05) is 19.8 Å². The van der Waals surface area contributed by atoms with Crippen LogP contribution in [0.4, 0.5) is 0 Å². The van der Waals surface area contributed by atoms with E-state index in [1.807, 2.05) is 13.8 Å². The topological polar surface area (TPSA) is 157 Å². The molecular weight excluding hydrogens is 428 g/mol. The molecule has 0 saturated carbocycles. The van der Waals surface area contributed by atoms with Gasteiger partial charge in [-0.05, 0) is 31.7 Å². The zero-order chi connectivity index (χ0) is 24.3. The van der Waals surface area contributed by atoms with Gasteiger partial charge < -0.3 is 20.5 Å². The number of amides is 1. The number of carbonyl (C=O) groups is 3. The first-order valence-corrected chi connectivity index (χ1v) is 11.7. The Bertz CT molecular complexity index is 796. The lowest BCUT2D eigenvalue weighted by atomic mass is 10.0. The van der Waals surface area contributed by atoms with Crippen LogP contribution in [0.5, 0.6) is 0 Å². The largest absolute Gasteiger partial charge is 0.465 e. The standard InChI is InChI=1S/C22H36N6O5/c1-4-6-7-10-16(29)33-13-22(27-19-18(20(30)28-22)24-14-25-19)26-11-8-9-12-32-21(31)17(23)15(3)5-2/h14-15,17,26H,4-13,23H2,1-3H3,(H,28,30)/t15-,17-,22?/m0/s1. The van der Waals surface area contributed by atoms with E-state index in [9.17, 15) is 14.4 Å². The van der Waals surface area contributed by atoms with Crippen LogP contribution in [-0.4, -0.2) is 67.3 Å². The van der Waals surface area contributed by atoms with Crippen molar-refractivity contribution in [3.63, 3.8) is 0 Å². The number of hydrogen-bond acceptors (Lipinski definition) is 10. The summed E-state index contributed by atoms with van der Waals surface area (Å²) in [7, 11) is 0. The highest BCUT2D eigenvalue weighted by Crippen LogP contribution is 2.15. The zero-order valence-corrected chi connectivity index (χ0v) is 19.8. The molecule has 33 heavy (non-hydrogen) atoms. The number of ether oxygens (including phenoxy) is 2. The maximum absolute atomic E-state index is 12.4. The molecule has 184 valence electrons. The number of carbonyl (C=O) groups excluding carboxylic acids is 3. The minimum atomic E-state index is -1.33. The van der Waals surface area contributed by atoms with E-state index in [1.165, 1.54) is 6.34 Å². The Morgan fingerprint density at radius 1 is 1.21 bits per heavy atom. The molecule has 1 amide bonds. The number of esters is 2. The average molecular weight is 465 g/mol. The lowest BCUT2D eigenvalue weighted by Crippen LogP contribution is -2.65. The summed E-state index contributed by atoms with van der Waals surface area (Å²) < 4.78 is 10.6. The van der Waals surface area contributed by atoms with Crippen molar-refractivity contribution >= 4 is 35.7 Å². The molecule has 0 fully saturated rings. The molecule has 3 atom stereocenters. The second-order valence-electron chi connectivity index (χ2n) is 8.30. The highest BCUT2D eigenvalue weighted by atomic mass is 16.5. The minimum absolute atomic E-state index is 0.0596. The Balaban J connectivity index is 1.86. The summed E-state index contributed by atoms with van der Waals surface area (Å²) in [5, 5.41) is 5.89. The third kappa shape index (κ3) is 8.01. The molecule has 4 N–H and O–H groups in total. The lowest BCUT2D eigenvalue weighted by Gasteiger charge is -2.34. The molecule has 2 heterocycles. The van der Waals surface area contributed by atoms with Gasteiger partial charge in [0, 0.05) is 6.42 Å². The summed E-state index contributed by atoms with van der Waals surface area (Å²) in [6, 6.07) is -0.625. The number of nitrogens with two attached hydrogens (primary N) is 1. The molecule has 11 nitrogen and oxygen atoms in total. The van der Waals surface area contributed by atoms with Crippen LogP contribution in [0.25, 0.3) is 0 Å². The van der Waals surface area contributed by atoms with E-state index in [-0.39, 0.29) is 36.6 Å². The summed E-state index contributed by atoms with van der Waals surface area (Å²) in [6.07, 6.45) is 6.29. The monoisotopic (exact) mass is 464 g/mol. The fourth-order valence-corrected chi connectivity index (χ4v) is 3.21. The first-order chi connectivity index (χ1) is 15.8. The maximum atomic E-state index is 12.4. The number of aliphatic imine (C=N–C) groups is 3. The van der Waals surface area contributed by atoms with Crippen molar-refractivity contribution in [2.45, 2.75) is 77.5 Å². The Labute approximate surface area is 194 Å².